The third-order valence-electron chi connectivity index (χ3n) is 14.0. The Morgan fingerprint density at radius 1 is 0.209 bits per heavy atom. The Balaban J connectivity index is 0.974. The molecule has 0 bridgehead atoms. The number of hydrogen-bond donors (Lipinski definition) is 0. The van der Waals surface area contributed by atoms with E-state index in [0.717, 1.165) is 34.1 Å². The summed E-state index contributed by atoms with van der Waals surface area (Å²) in [6, 6.07) is 98.0. The third kappa shape index (κ3) is 6.26. The van der Waals surface area contributed by atoms with Gasteiger partial charge in [0.05, 0.1) is 5.41 Å². The van der Waals surface area contributed by atoms with Crippen LogP contribution in [0.5, 0.6) is 0 Å². The van der Waals surface area contributed by atoms with Crippen molar-refractivity contribution >= 4 is 44.9 Å². The monoisotopic (exact) mass is 852 g/mol. The predicted molar refractivity (Wildman–Crippen MR) is 280 cm³/mol. The van der Waals surface area contributed by atoms with Crippen molar-refractivity contribution in [3.63, 3.8) is 0 Å². The van der Waals surface area contributed by atoms with Gasteiger partial charge in [-0.3, -0.25) is 0 Å². The molecule has 1 atom stereocenters. The van der Waals surface area contributed by atoms with E-state index in [0.29, 0.717) is 0 Å². The van der Waals surface area contributed by atoms with Gasteiger partial charge in [-0.25, -0.2) is 0 Å². The first kappa shape index (κ1) is 38.7. The SMILES string of the molecule is c1ccc(-c2ccc(N(c3ccc(-c4ccccc4)cc3)c3ccc4c(c3)-c3ccccc3C43c4ccccc4-c4cc(N(c5ccccc5)c5ccc6ccccc6c5)ccc43)cc2)cc1. The Morgan fingerprint density at radius 2 is 0.552 bits per heavy atom. The van der Waals surface area contributed by atoms with Gasteiger partial charge in [-0.15, -0.1) is 0 Å². The fraction of sp³-hybridized carbons (Fsp3) is 0.0154. The molecule has 0 heterocycles. The van der Waals surface area contributed by atoms with Crippen molar-refractivity contribution in [3.05, 3.63) is 289 Å². The van der Waals surface area contributed by atoms with E-state index in [1.807, 2.05) is 0 Å². The summed E-state index contributed by atoms with van der Waals surface area (Å²) in [6.45, 7) is 0. The summed E-state index contributed by atoms with van der Waals surface area (Å²) in [6.07, 6.45) is 0. The molecule has 1 unspecified atom stereocenters. The molecular weight excluding hydrogens is 809 g/mol. The van der Waals surface area contributed by atoms with E-state index in [-0.39, 0.29) is 0 Å². The second-order valence-electron chi connectivity index (χ2n) is 17.7. The lowest BCUT2D eigenvalue weighted by atomic mass is 9.70. The van der Waals surface area contributed by atoms with Gasteiger partial charge in [0.15, 0.2) is 0 Å². The highest BCUT2D eigenvalue weighted by Gasteiger charge is 2.51. The van der Waals surface area contributed by atoms with Crippen LogP contribution < -0.4 is 9.80 Å². The molecule has 314 valence electrons. The molecule has 0 fully saturated rings. The van der Waals surface area contributed by atoms with Gasteiger partial charge in [-0.1, -0.05) is 194 Å². The smallest absolute Gasteiger partial charge is 0.0725 e. The Labute approximate surface area is 391 Å². The van der Waals surface area contributed by atoms with Gasteiger partial charge >= 0.3 is 0 Å². The summed E-state index contributed by atoms with van der Waals surface area (Å²) in [4.78, 5) is 4.81. The van der Waals surface area contributed by atoms with Gasteiger partial charge < -0.3 is 9.80 Å². The largest absolute Gasteiger partial charge is 0.310 e. The summed E-state index contributed by atoms with van der Waals surface area (Å²) in [7, 11) is 0. The van der Waals surface area contributed by atoms with Crippen LogP contribution in [0.4, 0.5) is 34.1 Å². The highest BCUT2D eigenvalue weighted by Crippen LogP contribution is 2.64. The number of nitrogens with zero attached hydrogens (tertiary/aromatic N) is 2. The predicted octanol–water partition coefficient (Wildman–Crippen LogP) is 17.5. The summed E-state index contributed by atoms with van der Waals surface area (Å²) >= 11 is 0. The van der Waals surface area contributed by atoms with Gasteiger partial charge in [0.2, 0.25) is 0 Å². The molecule has 0 aromatic heterocycles. The third-order valence-corrected chi connectivity index (χ3v) is 14.0. The zero-order valence-electron chi connectivity index (χ0n) is 36.8. The molecule has 0 saturated carbocycles. The minimum Gasteiger partial charge on any atom is -0.310 e. The molecule has 11 aromatic rings. The van der Waals surface area contributed by atoms with E-state index in [2.05, 4.69) is 277 Å². The minimum atomic E-state index is -0.491. The van der Waals surface area contributed by atoms with E-state index in [1.54, 1.807) is 0 Å². The average Bonchev–Trinajstić information content (AvgIpc) is 3.87. The maximum Gasteiger partial charge on any atom is 0.0725 e. The van der Waals surface area contributed by atoms with Crippen LogP contribution in [0.3, 0.4) is 0 Å². The van der Waals surface area contributed by atoms with Gasteiger partial charge in [-0.2, -0.15) is 0 Å². The first-order valence-corrected chi connectivity index (χ1v) is 23.2. The molecule has 1 spiro atoms. The lowest BCUT2D eigenvalue weighted by Gasteiger charge is -2.32. The molecule has 0 amide bonds. The van der Waals surface area contributed by atoms with Crippen molar-refractivity contribution < 1.29 is 0 Å². The molecule has 0 aliphatic heterocycles. The van der Waals surface area contributed by atoms with Crippen molar-refractivity contribution in [2.45, 2.75) is 5.41 Å². The molecule has 0 saturated heterocycles. The molecule has 13 rings (SSSR count). The lowest BCUT2D eigenvalue weighted by Crippen LogP contribution is -2.26. The average molecular weight is 853 g/mol. The van der Waals surface area contributed by atoms with Crippen molar-refractivity contribution in [2.75, 3.05) is 9.80 Å². The molecule has 2 heteroatoms. The summed E-state index contributed by atoms with van der Waals surface area (Å²) in [5.74, 6) is 0. The van der Waals surface area contributed by atoms with E-state index in [4.69, 9.17) is 0 Å². The summed E-state index contributed by atoms with van der Waals surface area (Å²) in [5.41, 5.74) is 21.3. The highest BCUT2D eigenvalue weighted by atomic mass is 15.1. The molecule has 67 heavy (non-hydrogen) atoms. The quantitative estimate of drug-likeness (QED) is 0.150. The van der Waals surface area contributed by atoms with Crippen LogP contribution in [0.15, 0.2) is 267 Å². The van der Waals surface area contributed by atoms with Crippen molar-refractivity contribution in [2.24, 2.45) is 0 Å². The highest BCUT2D eigenvalue weighted by molar-refractivity contribution is 5.98. The molecule has 2 aliphatic carbocycles. The van der Waals surface area contributed by atoms with Gasteiger partial charge in [0.1, 0.15) is 0 Å². The first-order valence-electron chi connectivity index (χ1n) is 23.2. The van der Waals surface area contributed by atoms with Crippen LogP contribution in [-0.2, 0) is 5.41 Å². The normalized spacial score (nSPS) is 14.0. The number of hydrogen-bond acceptors (Lipinski definition) is 2. The molecule has 0 radical (unpaired) electrons. The first-order chi connectivity index (χ1) is 33.2. The number of fused-ring (bicyclic) bond motifs is 11. The topological polar surface area (TPSA) is 6.48 Å². The Hall–Kier alpha value is -8.72. The molecule has 2 nitrogen and oxygen atoms in total. The Morgan fingerprint density at radius 3 is 1.07 bits per heavy atom. The van der Waals surface area contributed by atoms with Crippen molar-refractivity contribution in [3.8, 4) is 44.5 Å². The molecule has 11 aromatic carbocycles. The van der Waals surface area contributed by atoms with Gasteiger partial charge in [0, 0.05) is 34.1 Å². The zero-order valence-corrected chi connectivity index (χ0v) is 36.8. The zero-order chi connectivity index (χ0) is 44.3. The van der Waals surface area contributed by atoms with E-state index < -0.39 is 5.41 Å². The fourth-order valence-corrected chi connectivity index (χ4v) is 11.1. The van der Waals surface area contributed by atoms with Gasteiger partial charge in [0.25, 0.3) is 0 Å². The van der Waals surface area contributed by atoms with Crippen molar-refractivity contribution in [1.82, 2.24) is 0 Å². The summed E-state index contributed by atoms with van der Waals surface area (Å²) in [5, 5.41) is 2.45. The fourth-order valence-electron chi connectivity index (χ4n) is 11.1. The minimum absolute atomic E-state index is 0.491. The second-order valence-corrected chi connectivity index (χ2v) is 17.7. The van der Waals surface area contributed by atoms with Crippen LogP contribution in [0.25, 0.3) is 55.3 Å². The summed E-state index contributed by atoms with van der Waals surface area (Å²) < 4.78 is 0. The van der Waals surface area contributed by atoms with Crippen LogP contribution >= 0.6 is 0 Å². The van der Waals surface area contributed by atoms with Crippen molar-refractivity contribution in [1.29, 1.82) is 0 Å². The second kappa shape index (κ2) is 15.8. The van der Waals surface area contributed by atoms with E-state index >= 15 is 0 Å². The van der Waals surface area contributed by atoms with Crippen LogP contribution in [0.1, 0.15) is 22.3 Å². The van der Waals surface area contributed by atoms with Crippen LogP contribution in [-0.4, -0.2) is 0 Å². The number of benzene rings is 11. The number of para-hydroxylation sites is 1. The van der Waals surface area contributed by atoms with Gasteiger partial charge in [-0.05, 0) is 150 Å². The molecule has 2 aliphatic rings. The van der Waals surface area contributed by atoms with E-state index in [9.17, 15) is 0 Å². The van der Waals surface area contributed by atoms with Crippen LogP contribution in [0, 0.1) is 0 Å². The van der Waals surface area contributed by atoms with E-state index in [1.165, 1.54) is 77.5 Å². The molecule has 0 N–H and O–H groups in total. The Bertz CT molecular complexity index is 3540. The Kier molecular flexibility index (Phi) is 9.11. The number of rotatable bonds is 8. The standard InChI is InChI=1S/C65H44N2/c1-4-16-45(17-5-1)48-28-33-52(34-29-48)66(53-35-30-49(31-36-53)46-18-6-2-7-19-46)55-38-40-63-59(43-55)57-24-12-14-26-61(57)65(63)62-27-15-13-25-58(62)60-44-56(39-41-64(60)65)67(51-22-8-3-9-23-51)54-37-32-47-20-10-11-21-50(47)42-54/h1-44H. The molecular formula is C65H44N2. The lowest BCUT2D eigenvalue weighted by molar-refractivity contribution is 0.793. The maximum absolute atomic E-state index is 2.44. The van der Waals surface area contributed by atoms with Crippen LogP contribution in [0.2, 0.25) is 0 Å². The maximum atomic E-state index is 2.44. The number of anilines is 6.